The van der Waals surface area contributed by atoms with Crippen molar-refractivity contribution >= 4 is 36.0 Å². The van der Waals surface area contributed by atoms with Gasteiger partial charge in [0.1, 0.15) is 5.69 Å². The molecule has 0 radical (unpaired) electrons. The largest absolute Gasteiger partial charge is 0.461 e. The van der Waals surface area contributed by atoms with Gasteiger partial charge in [-0.2, -0.15) is 0 Å². The fraction of sp³-hybridized carbons (Fsp3) is 0.294. The highest BCUT2D eigenvalue weighted by Crippen LogP contribution is 2.31. The molecule has 2 aromatic heterocycles. The van der Waals surface area contributed by atoms with Crippen molar-refractivity contribution < 1.29 is 9.53 Å². The van der Waals surface area contributed by atoms with Crippen LogP contribution in [-0.2, 0) is 4.74 Å². The summed E-state index contributed by atoms with van der Waals surface area (Å²) in [6.07, 6.45) is 1.81. The van der Waals surface area contributed by atoms with Crippen LogP contribution in [0.25, 0.3) is 21.8 Å². The fourth-order valence-electron chi connectivity index (χ4n) is 2.91. The first-order chi connectivity index (χ1) is 10.4. The van der Waals surface area contributed by atoms with E-state index in [1.165, 1.54) is 5.52 Å². The van der Waals surface area contributed by atoms with Crippen molar-refractivity contribution in [3.63, 3.8) is 0 Å². The van der Waals surface area contributed by atoms with Gasteiger partial charge in [0, 0.05) is 16.3 Å². The number of nitrogens with zero attached hydrogens (tertiary/aromatic N) is 2. The number of aromatic nitrogens is 2. The van der Waals surface area contributed by atoms with Crippen LogP contribution in [0.3, 0.4) is 0 Å². The second-order valence-corrected chi connectivity index (χ2v) is 11.1. The Balaban J connectivity index is 2.34. The maximum absolute atomic E-state index is 11.9. The molecule has 0 spiro atoms. The third kappa shape index (κ3) is 2.31. The van der Waals surface area contributed by atoms with Crippen LogP contribution >= 0.6 is 0 Å². The van der Waals surface area contributed by atoms with E-state index in [-0.39, 0.29) is 5.97 Å². The van der Waals surface area contributed by atoms with Gasteiger partial charge in [-0.15, -0.1) is 0 Å². The first-order valence-corrected chi connectivity index (χ1v) is 10.9. The van der Waals surface area contributed by atoms with Gasteiger partial charge in [-0.25, -0.2) is 9.78 Å². The van der Waals surface area contributed by atoms with Crippen molar-refractivity contribution in [2.75, 3.05) is 6.61 Å². The number of ether oxygens (including phenoxy) is 1. The van der Waals surface area contributed by atoms with Gasteiger partial charge in [0.05, 0.1) is 18.3 Å². The highest BCUT2D eigenvalue weighted by molar-refractivity contribution is 6.76. The van der Waals surface area contributed by atoms with Crippen LogP contribution in [0.5, 0.6) is 0 Å². The van der Waals surface area contributed by atoms with E-state index in [0.717, 1.165) is 16.3 Å². The second kappa shape index (κ2) is 5.25. The molecule has 114 valence electrons. The maximum atomic E-state index is 11.9. The van der Waals surface area contributed by atoms with Crippen LogP contribution in [0.4, 0.5) is 0 Å². The number of carbonyl (C=O) groups is 1. The van der Waals surface area contributed by atoms with Gasteiger partial charge in [0.25, 0.3) is 0 Å². The molecule has 0 aliphatic rings. The highest BCUT2D eigenvalue weighted by Gasteiger charge is 2.23. The Morgan fingerprint density at radius 3 is 2.59 bits per heavy atom. The van der Waals surface area contributed by atoms with Crippen molar-refractivity contribution in [3.8, 4) is 0 Å². The average molecular weight is 312 g/mol. The molecule has 2 heterocycles. The van der Waals surface area contributed by atoms with Crippen LogP contribution in [0, 0.1) is 0 Å². The molecule has 5 heteroatoms. The van der Waals surface area contributed by atoms with Gasteiger partial charge in [-0.05, 0) is 19.1 Å². The molecule has 3 aromatic rings. The van der Waals surface area contributed by atoms with E-state index in [4.69, 9.17) is 4.74 Å². The van der Waals surface area contributed by atoms with E-state index in [1.54, 1.807) is 13.1 Å². The van der Waals surface area contributed by atoms with E-state index in [2.05, 4.69) is 47.1 Å². The number of hydrogen-bond acceptors (Lipinski definition) is 3. The van der Waals surface area contributed by atoms with Crippen LogP contribution < -0.4 is 0 Å². The minimum Gasteiger partial charge on any atom is -0.461 e. The number of fused-ring (bicyclic) bond motifs is 3. The normalized spacial score (nSPS) is 12.0. The molecular formula is C17H20N2O2Si. The fourth-order valence-corrected chi connectivity index (χ4v) is 4.73. The lowest BCUT2D eigenvalue weighted by Gasteiger charge is -2.21. The number of rotatable bonds is 3. The Bertz CT molecular complexity index is 862. The molecular weight excluding hydrogens is 292 g/mol. The summed E-state index contributed by atoms with van der Waals surface area (Å²) in [5, 5.41) is 2.23. The van der Waals surface area contributed by atoms with Crippen LogP contribution in [0.1, 0.15) is 17.4 Å². The number of pyridine rings is 1. The van der Waals surface area contributed by atoms with Gasteiger partial charge in [0.2, 0.25) is 0 Å². The Morgan fingerprint density at radius 1 is 1.18 bits per heavy atom. The zero-order chi connectivity index (χ0) is 15.9. The summed E-state index contributed by atoms with van der Waals surface area (Å²) in [6, 6.07) is 10.2. The standard InChI is InChI=1S/C17H20N2O2Si/c1-5-21-17(20)14-10-13-12-8-6-7-9-15(12)19(22(2,3)4)16(13)11-18-14/h6-11H,5H2,1-4H3. The summed E-state index contributed by atoms with van der Waals surface area (Å²) in [5.41, 5.74) is 2.67. The lowest BCUT2D eigenvalue weighted by atomic mass is 10.1. The van der Waals surface area contributed by atoms with Crippen molar-refractivity contribution in [3.05, 3.63) is 42.2 Å². The van der Waals surface area contributed by atoms with Crippen molar-refractivity contribution in [1.82, 2.24) is 9.22 Å². The SMILES string of the molecule is CCOC(=O)c1cc2c3ccccc3n([Si](C)(C)C)c2cn1. The molecule has 0 fully saturated rings. The Morgan fingerprint density at radius 2 is 1.91 bits per heavy atom. The summed E-state index contributed by atoms with van der Waals surface area (Å²) in [6.45, 7) is 9.07. The van der Waals surface area contributed by atoms with Crippen molar-refractivity contribution in [2.45, 2.75) is 26.6 Å². The van der Waals surface area contributed by atoms with Crippen molar-refractivity contribution in [1.29, 1.82) is 0 Å². The predicted molar refractivity (Wildman–Crippen MR) is 91.9 cm³/mol. The van der Waals surface area contributed by atoms with E-state index in [1.807, 2.05) is 12.1 Å². The zero-order valence-corrected chi connectivity index (χ0v) is 14.4. The molecule has 3 rings (SSSR count). The smallest absolute Gasteiger partial charge is 0.356 e. The third-order valence-corrected chi connectivity index (χ3v) is 5.54. The molecule has 0 atom stereocenters. The van der Waals surface area contributed by atoms with E-state index >= 15 is 0 Å². The molecule has 0 aliphatic heterocycles. The molecule has 0 saturated carbocycles. The first-order valence-electron chi connectivity index (χ1n) is 7.50. The lowest BCUT2D eigenvalue weighted by Crippen LogP contribution is -2.31. The Labute approximate surface area is 130 Å². The van der Waals surface area contributed by atoms with E-state index in [9.17, 15) is 4.79 Å². The zero-order valence-electron chi connectivity index (χ0n) is 13.4. The van der Waals surface area contributed by atoms with Gasteiger partial charge in [-0.3, -0.25) is 0 Å². The number of para-hydroxylation sites is 1. The topological polar surface area (TPSA) is 44.1 Å². The number of esters is 1. The molecule has 0 unspecified atom stereocenters. The second-order valence-electron chi connectivity index (χ2n) is 6.33. The highest BCUT2D eigenvalue weighted by atomic mass is 28.3. The van der Waals surface area contributed by atoms with Crippen molar-refractivity contribution in [2.24, 2.45) is 0 Å². The predicted octanol–water partition coefficient (Wildman–Crippen LogP) is 4.05. The summed E-state index contributed by atoms with van der Waals surface area (Å²) in [4.78, 5) is 16.3. The minimum atomic E-state index is -1.61. The average Bonchev–Trinajstić information content (AvgIpc) is 2.81. The summed E-state index contributed by atoms with van der Waals surface area (Å²) in [5.74, 6) is -0.366. The lowest BCUT2D eigenvalue weighted by molar-refractivity contribution is 0.0520. The minimum absolute atomic E-state index is 0.356. The molecule has 0 aliphatic carbocycles. The van der Waals surface area contributed by atoms with E-state index < -0.39 is 8.24 Å². The van der Waals surface area contributed by atoms with Crippen LogP contribution in [-0.4, -0.2) is 30.0 Å². The van der Waals surface area contributed by atoms with Crippen LogP contribution in [0.2, 0.25) is 19.6 Å². The van der Waals surface area contributed by atoms with Gasteiger partial charge >= 0.3 is 5.97 Å². The number of carbonyl (C=O) groups excluding carboxylic acids is 1. The van der Waals surface area contributed by atoms with E-state index in [0.29, 0.717) is 12.3 Å². The molecule has 22 heavy (non-hydrogen) atoms. The maximum Gasteiger partial charge on any atom is 0.356 e. The summed E-state index contributed by atoms with van der Waals surface area (Å²) >= 11 is 0. The molecule has 0 bridgehead atoms. The first kappa shape index (κ1) is 14.8. The van der Waals surface area contributed by atoms with Gasteiger partial charge < -0.3 is 8.97 Å². The van der Waals surface area contributed by atoms with Gasteiger partial charge in [0.15, 0.2) is 8.24 Å². The Kier molecular flexibility index (Phi) is 3.52. The monoisotopic (exact) mass is 312 g/mol. The molecule has 1 aromatic carbocycles. The molecule has 0 saturated heterocycles. The third-order valence-electron chi connectivity index (χ3n) is 3.71. The Hall–Kier alpha value is -2.14. The molecule has 0 amide bonds. The molecule has 0 N–H and O–H groups in total. The number of hydrogen-bond donors (Lipinski definition) is 0. The summed E-state index contributed by atoms with van der Waals surface area (Å²) < 4.78 is 7.47. The number of benzene rings is 1. The summed E-state index contributed by atoms with van der Waals surface area (Å²) in [7, 11) is -1.61. The molecule has 4 nitrogen and oxygen atoms in total. The van der Waals surface area contributed by atoms with Gasteiger partial charge in [-0.1, -0.05) is 37.8 Å². The van der Waals surface area contributed by atoms with Crippen LogP contribution in [0.15, 0.2) is 36.5 Å². The quantitative estimate of drug-likeness (QED) is 0.541.